The summed E-state index contributed by atoms with van der Waals surface area (Å²) in [6.07, 6.45) is 3.60. The van der Waals surface area contributed by atoms with Crippen molar-refractivity contribution in [3.8, 4) is 5.75 Å². The molecule has 146 valence electrons. The summed E-state index contributed by atoms with van der Waals surface area (Å²) in [5, 5.41) is 0.845. The number of ether oxygens (including phenoxy) is 1. The second-order valence-electron chi connectivity index (χ2n) is 6.93. The quantitative estimate of drug-likeness (QED) is 0.708. The van der Waals surface area contributed by atoms with Gasteiger partial charge in [-0.3, -0.25) is 0 Å². The molecule has 2 atom stereocenters. The Morgan fingerprint density at radius 3 is 3.00 bits per heavy atom. The number of alkyl halides is 1. The molecular formula is C18H22FN3O3S2. The fraction of sp³-hybridized carbons (Fsp3) is 0.500. The van der Waals surface area contributed by atoms with E-state index in [2.05, 4.69) is 4.98 Å². The van der Waals surface area contributed by atoms with E-state index in [-0.39, 0.29) is 17.4 Å². The number of aryl methyl sites for hydroxylation is 1. The topological polar surface area (TPSA) is 64.4 Å². The second-order valence-corrected chi connectivity index (χ2v) is 9.85. The minimum absolute atomic E-state index is 0.0955. The van der Waals surface area contributed by atoms with E-state index < -0.39 is 16.2 Å². The van der Waals surface area contributed by atoms with Gasteiger partial charge in [0, 0.05) is 50.6 Å². The van der Waals surface area contributed by atoms with Gasteiger partial charge in [-0.25, -0.2) is 17.8 Å². The van der Waals surface area contributed by atoms with Crippen LogP contribution in [0, 0.1) is 5.92 Å². The van der Waals surface area contributed by atoms with Crippen molar-refractivity contribution in [2.75, 3.05) is 25.4 Å². The Balaban J connectivity index is 1.42. The standard InChI is InChI=1S/C18H22FN3O3S2/c1-21-8-6-20-18(21)26-12-14-4-7-22(11-16(14)19)27(23,24)15-2-3-17-13(10-15)5-9-25-17/h2-3,6,8,10,14,16H,4-5,7,9,11-12H2,1H3. The number of benzene rings is 1. The zero-order valence-electron chi connectivity index (χ0n) is 15.0. The van der Waals surface area contributed by atoms with E-state index in [0.29, 0.717) is 31.7 Å². The van der Waals surface area contributed by atoms with Crippen LogP contribution in [0.5, 0.6) is 5.75 Å². The molecule has 2 aliphatic rings. The Morgan fingerprint density at radius 1 is 1.41 bits per heavy atom. The Bertz CT molecular complexity index is 932. The third-order valence-corrected chi connectivity index (χ3v) is 8.25. The highest BCUT2D eigenvalue weighted by Gasteiger charge is 2.36. The van der Waals surface area contributed by atoms with Gasteiger partial charge in [0.25, 0.3) is 0 Å². The van der Waals surface area contributed by atoms with Gasteiger partial charge in [-0.15, -0.1) is 0 Å². The number of hydrogen-bond donors (Lipinski definition) is 0. The zero-order chi connectivity index (χ0) is 19.0. The van der Waals surface area contributed by atoms with Crippen molar-refractivity contribution in [3.63, 3.8) is 0 Å². The maximum Gasteiger partial charge on any atom is 0.243 e. The highest BCUT2D eigenvalue weighted by atomic mass is 32.2. The number of nitrogens with zero attached hydrogens (tertiary/aromatic N) is 3. The van der Waals surface area contributed by atoms with Gasteiger partial charge in [0.1, 0.15) is 11.9 Å². The van der Waals surface area contributed by atoms with Crippen LogP contribution in [0.1, 0.15) is 12.0 Å². The van der Waals surface area contributed by atoms with E-state index in [9.17, 15) is 12.8 Å². The lowest BCUT2D eigenvalue weighted by Crippen LogP contribution is -2.45. The molecule has 1 aromatic heterocycles. The lowest BCUT2D eigenvalue weighted by atomic mass is 9.98. The zero-order valence-corrected chi connectivity index (χ0v) is 16.7. The molecule has 0 bridgehead atoms. The number of halogens is 1. The smallest absolute Gasteiger partial charge is 0.243 e. The van der Waals surface area contributed by atoms with Crippen LogP contribution >= 0.6 is 11.8 Å². The summed E-state index contributed by atoms with van der Waals surface area (Å²) >= 11 is 1.51. The van der Waals surface area contributed by atoms with Crippen LogP contribution in [0.3, 0.4) is 0 Å². The van der Waals surface area contributed by atoms with Crippen LogP contribution in [-0.2, 0) is 23.5 Å². The SMILES string of the molecule is Cn1ccnc1SCC1CCN(S(=O)(=O)c2ccc3c(c2)CCO3)CC1F. The van der Waals surface area contributed by atoms with Crippen molar-refractivity contribution in [2.24, 2.45) is 13.0 Å². The molecule has 0 amide bonds. The van der Waals surface area contributed by atoms with Gasteiger partial charge in [-0.05, 0) is 30.2 Å². The van der Waals surface area contributed by atoms with Crippen molar-refractivity contribution in [3.05, 3.63) is 36.2 Å². The largest absolute Gasteiger partial charge is 0.493 e. The van der Waals surface area contributed by atoms with E-state index >= 15 is 0 Å². The maximum absolute atomic E-state index is 14.7. The van der Waals surface area contributed by atoms with E-state index in [4.69, 9.17) is 4.74 Å². The van der Waals surface area contributed by atoms with E-state index in [1.807, 2.05) is 17.8 Å². The summed E-state index contributed by atoms with van der Waals surface area (Å²) in [5.74, 6) is 1.16. The molecule has 6 nitrogen and oxygen atoms in total. The summed E-state index contributed by atoms with van der Waals surface area (Å²) < 4.78 is 49.2. The summed E-state index contributed by atoms with van der Waals surface area (Å²) in [7, 11) is -1.79. The van der Waals surface area contributed by atoms with Crippen molar-refractivity contribution in [1.29, 1.82) is 0 Å². The van der Waals surface area contributed by atoms with E-state index in [1.165, 1.54) is 16.1 Å². The summed E-state index contributed by atoms with van der Waals surface area (Å²) in [6.45, 7) is 0.814. The molecule has 2 unspecified atom stereocenters. The molecule has 2 aliphatic heterocycles. The average Bonchev–Trinajstić information content (AvgIpc) is 3.28. The summed E-state index contributed by atoms with van der Waals surface area (Å²) in [6, 6.07) is 4.90. The Kier molecular flexibility index (Phi) is 5.17. The number of imidazole rings is 1. The molecule has 0 saturated carbocycles. The van der Waals surface area contributed by atoms with Gasteiger partial charge in [-0.1, -0.05) is 11.8 Å². The predicted octanol–water partition coefficient (Wildman–Crippen LogP) is 2.50. The van der Waals surface area contributed by atoms with Gasteiger partial charge < -0.3 is 9.30 Å². The van der Waals surface area contributed by atoms with Gasteiger partial charge in [0.15, 0.2) is 5.16 Å². The highest BCUT2D eigenvalue weighted by Crippen LogP contribution is 2.32. The number of rotatable bonds is 5. The molecule has 2 aromatic rings. The van der Waals surface area contributed by atoms with E-state index in [1.54, 1.807) is 24.4 Å². The average molecular weight is 412 g/mol. The molecule has 0 spiro atoms. The Labute approximate surface area is 162 Å². The van der Waals surface area contributed by atoms with Gasteiger partial charge in [0.05, 0.1) is 11.5 Å². The molecule has 0 radical (unpaired) electrons. The molecule has 1 fully saturated rings. The summed E-state index contributed by atoms with van der Waals surface area (Å²) in [4.78, 5) is 4.46. The lowest BCUT2D eigenvalue weighted by molar-refractivity contribution is 0.146. The highest BCUT2D eigenvalue weighted by molar-refractivity contribution is 7.99. The number of fused-ring (bicyclic) bond motifs is 1. The number of thioether (sulfide) groups is 1. The van der Waals surface area contributed by atoms with Crippen molar-refractivity contribution in [2.45, 2.75) is 29.1 Å². The van der Waals surface area contributed by atoms with Gasteiger partial charge in [-0.2, -0.15) is 4.31 Å². The monoisotopic (exact) mass is 411 g/mol. The summed E-state index contributed by atoms with van der Waals surface area (Å²) in [5.41, 5.74) is 0.897. The third kappa shape index (κ3) is 3.72. The van der Waals surface area contributed by atoms with Crippen molar-refractivity contribution >= 4 is 21.8 Å². The van der Waals surface area contributed by atoms with Crippen LogP contribution in [0.25, 0.3) is 0 Å². The molecule has 0 N–H and O–H groups in total. The molecule has 9 heteroatoms. The van der Waals surface area contributed by atoms with E-state index in [0.717, 1.165) is 16.5 Å². The van der Waals surface area contributed by atoms with Crippen molar-refractivity contribution in [1.82, 2.24) is 13.9 Å². The van der Waals surface area contributed by atoms with Gasteiger partial charge >= 0.3 is 0 Å². The Morgan fingerprint density at radius 2 is 2.26 bits per heavy atom. The lowest BCUT2D eigenvalue weighted by Gasteiger charge is -2.33. The number of hydrogen-bond acceptors (Lipinski definition) is 5. The van der Waals surface area contributed by atoms with Crippen LogP contribution in [0.15, 0.2) is 40.6 Å². The molecule has 27 heavy (non-hydrogen) atoms. The maximum atomic E-state index is 14.7. The van der Waals surface area contributed by atoms with Gasteiger partial charge in [0.2, 0.25) is 10.0 Å². The molecule has 1 saturated heterocycles. The second kappa shape index (κ2) is 7.44. The molecule has 4 rings (SSSR count). The number of aromatic nitrogens is 2. The fourth-order valence-corrected chi connectivity index (χ4v) is 6.13. The third-order valence-electron chi connectivity index (χ3n) is 5.14. The van der Waals surface area contributed by atoms with Crippen LogP contribution in [0.2, 0.25) is 0 Å². The molecule has 0 aliphatic carbocycles. The van der Waals surface area contributed by atoms with Crippen LogP contribution < -0.4 is 4.74 Å². The minimum atomic E-state index is -3.69. The normalized spacial score (nSPS) is 23.2. The molecule has 3 heterocycles. The number of piperidine rings is 1. The fourth-order valence-electron chi connectivity index (χ4n) is 3.48. The first-order chi connectivity index (χ1) is 12.9. The van der Waals surface area contributed by atoms with Crippen LogP contribution in [0.4, 0.5) is 4.39 Å². The molecular weight excluding hydrogens is 389 g/mol. The number of sulfonamides is 1. The Hall–Kier alpha value is -1.58. The predicted molar refractivity (Wildman–Crippen MR) is 101 cm³/mol. The van der Waals surface area contributed by atoms with Crippen LogP contribution in [-0.4, -0.2) is 53.9 Å². The molecule has 1 aromatic carbocycles. The first-order valence-electron chi connectivity index (χ1n) is 8.95. The van der Waals surface area contributed by atoms with Crippen molar-refractivity contribution < 1.29 is 17.5 Å². The first-order valence-corrected chi connectivity index (χ1v) is 11.4. The minimum Gasteiger partial charge on any atom is -0.493 e. The first kappa shape index (κ1) is 18.8.